The van der Waals surface area contributed by atoms with Gasteiger partial charge in [-0.15, -0.1) is 23.1 Å². The van der Waals surface area contributed by atoms with E-state index in [2.05, 4.69) is 58.9 Å². The van der Waals surface area contributed by atoms with E-state index in [1.807, 2.05) is 152 Å². The lowest BCUT2D eigenvalue weighted by Crippen LogP contribution is -2.71. The van der Waals surface area contributed by atoms with Crippen molar-refractivity contribution in [2.45, 2.75) is 68.4 Å². The van der Waals surface area contributed by atoms with Gasteiger partial charge in [0, 0.05) is 47.1 Å². The zero-order valence-corrected chi connectivity index (χ0v) is 46.8. The predicted octanol–water partition coefficient (Wildman–Crippen LogP) is 12.6. The number of nitrogens with one attached hydrogen (secondary N) is 2. The Kier molecular flexibility index (Phi) is 18.1. The minimum atomic E-state index is -1.40. The minimum Gasteiger partial charge on any atom is -0.434 e. The summed E-state index contributed by atoms with van der Waals surface area (Å²) in [5.74, 6) is -2.02. The molecule has 6 aromatic carbocycles. The topological polar surface area (TPSA) is 171 Å². The second kappa shape index (κ2) is 26.4. The fourth-order valence-electron chi connectivity index (χ4n) is 10.1. The molecule has 2 amide bonds. The van der Waals surface area contributed by atoms with Crippen LogP contribution in [0.2, 0.25) is 0 Å². The standard InChI is InChI=1S/C66H60N6O8S2/c1-3-4-5-24-42-77-64(76)79-46(2)78-62(75)58-48(40-39-47-26-25-41-67-43-47)44-81-61-57(60(74)72(58)61)69-59(73)56(71-80-66(52-33-18-9-19-34-52,53-35-20-10-21-36-53)54-37-22-11-23-38-54)55-45-82-63(68-55)70-65(49-27-12-6-13-28-49,50-29-14-7-15-30-50)51-31-16-8-17-32-51/h6-23,25-41,43,45-46,57,61H,3-5,24,42,44H2,1-2H3,(H,68,70)(H,69,73)/b40-39-,71-56?/t46?,57-,61+/m1/s1. The van der Waals surface area contributed by atoms with Gasteiger partial charge in [-0.1, -0.05) is 232 Å². The zero-order chi connectivity index (χ0) is 56.7. The summed E-state index contributed by atoms with van der Waals surface area (Å²) >= 11 is 2.64. The van der Waals surface area contributed by atoms with Gasteiger partial charge in [0.15, 0.2) is 10.8 Å². The quantitative estimate of drug-likeness (QED) is 0.0118. The van der Waals surface area contributed by atoms with Crippen molar-refractivity contribution in [1.29, 1.82) is 0 Å². The van der Waals surface area contributed by atoms with E-state index in [4.69, 9.17) is 29.2 Å². The molecule has 0 spiro atoms. The molecule has 1 saturated heterocycles. The summed E-state index contributed by atoms with van der Waals surface area (Å²) in [5, 5.41) is 13.1. The number of hydrogen-bond donors (Lipinski definition) is 2. The molecule has 4 heterocycles. The Bertz CT molecular complexity index is 3340. The molecule has 8 aromatic rings. The van der Waals surface area contributed by atoms with Gasteiger partial charge >= 0.3 is 12.1 Å². The smallest absolute Gasteiger partial charge is 0.434 e. The Morgan fingerprint density at radius 3 is 1.78 bits per heavy atom. The van der Waals surface area contributed by atoms with Crippen molar-refractivity contribution >= 4 is 64.0 Å². The molecule has 2 aliphatic heterocycles. The van der Waals surface area contributed by atoms with Crippen molar-refractivity contribution in [2.24, 2.45) is 5.16 Å². The van der Waals surface area contributed by atoms with Crippen LogP contribution in [0.3, 0.4) is 0 Å². The summed E-state index contributed by atoms with van der Waals surface area (Å²) in [4.78, 5) is 74.7. The van der Waals surface area contributed by atoms with Gasteiger partial charge in [0.05, 0.1) is 6.61 Å². The average Bonchev–Trinajstić information content (AvgIpc) is 3.57. The highest BCUT2D eigenvalue weighted by atomic mass is 32.2. The van der Waals surface area contributed by atoms with Crippen molar-refractivity contribution in [3.05, 3.63) is 274 Å². The van der Waals surface area contributed by atoms with Gasteiger partial charge in [0.2, 0.25) is 11.9 Å². The van der Waals surface area contributed by atoms with Gasteiger partial charge in [0.25, 0.3) is 11.8 Å². The number of hydrogen-bond acceptors (Lipinski definition) is 14. The third-order valence-electron chi connectivity index (χ3n) is 14.1. The Balaban J connectivity index is 1.02. The number of pyridine rings is 1. The average molecular weight is 1130 g/mol. The van der Waals surface area contributed by atoms with Crippen molar-refractivity contribution < 1.29 is 38.2 Å². The maximum atomic E-state index is 15.4. The highest BCUT2D eigenvalue weighted by Crippen LogP contribution is 2.44. The van der Waals surface area contributed by atoms with Gasteiger partial charge in [0.1, 0.15) is 28.3 Å². The molecule has 414 valence electrons. The lowest BCUT2D eigenvalue weighted by Gasteiger charge is -2.49. The second-order valence-corrected chi connectivity index (χ2v) is 21.4. The first kappa shape index (κ1) is 56.2. The van der Waals surface area contributed by atoms with Crippen molar-refractivity contribution in [3.63, 3.8) is 0 Å². The molecule has 0 bridgehead atoms. The number of ether oxygens (including phenoxy) is 3. The Morgan fingerprint density at radius 1 is 0.707 bits per heavy atom. The van der Waals surface area contributed by atoms with Gasteiger partial charge in [-0.25, -0.2) is 14.6 Å². The third kappa shape index (κ3) is 12.3. The molecule has 2 N–H and O–H groups in total. The van der Waals surface area contributed by atoms with Crippen LogP contribution in [0.5, 0.6) is 0 Å². The molecule has 14 nitrogen and oxygen atoms in total. The molecule has 1 fully saturated rings. The maximum Gasteiger partial charge on any atom is 0.511 e. The van der Waals surface area contributed by atoms with E-state index in [1.54, 1.807) is 36.0 Å². The number of thioether (sulfide) groups is 1. The second-order valence-electron chi connectivity index (χ2n) is 19.4. The number of carbonyl (C=O) groups is 4. The molecule has 2 aliphatic rings. The number of aromatic nitrogens is 2. The largest absolute Gasteiger partial charge is 0.511 e. The van der Waals surface area contributed by atoms with Crippen molar-refractivity contribution in [2.75, 3.05) is 17.7 Å². The molecule has 0 aliphatic carbocycles. The van der Waals surface area contributed by atoms with Gasteiger partial charge in [-0.2, -0.15) is 0 Å². The molecule has 16 heteroatoms. The number of unbranched alkanes of at least 4 members (excludes halogenated alkanes) is 3. The van der Waals surface area contributed by atoms with Crippen LogP contribution in [-0.2, 0) is 44.6 Å². The fraction of sp³-hybridized carbons (Fsp3) is 0.197. The summed E-state index contributed by atoms with van der Waals surface area (Å²) in [6, 6.07) is 61.7. The monoisotopic (exact) mass is 1130 g/mol. The van der Waals surface area contributed by atoms with Crippen LogP contribution in [0, 0.1) is 0 Å². The molecule has 0 radical (unpaired) electrons. The van der Waals surface area contributed by atoms with Gasteiger partial charge in [-0.3, -0.25) is 19.5 Å². The first-order valence-corrected chi connectivity index (χ1v) is 29.1. The minimum absolute atomic E-state index is 0.0627. The number of allylic oxidation sites excluding steroid dienone is 1. The number of fused-ring (bicyclic) bond motifs is 1. The number of thiazole rings is 1. The van der Waals surface area contributed by atoms with E-state index < -0.39 is 52.8 Å². The molecule has 2 aromatic heterocycles. The molecule has 10 rings (SSSR count). The third-order valence-corrected chi connectivity index (χ3v) is 16.1. The van der Waals surface area contributed by atoms with Crippen LogP contribution >= 0.6 is 23.1 Å². The lowest BCUT2D eigenvalue weighted by molar-refractivity contribution is -0.169. The Labute approximate surface area is 484 Å². The van der Waals surface area contributed by atoms with Crippen LogP contribution in [0.25, 0.3) is 6.08 Å². The van der Waals surface area contributed by atoms with Crippen LogP contribution < -0.4 is 10.6 Å². The van der Waals surface area contributed by atoms with Crippen molar-refractivity contribution in [3.8, 4) is 0 Å². The number of amides is 2. The molecule has 3 atom stereocenters. The summed E-state index contributed by atoms with van der Waals surface area (Å²) in [6.07, 6.45) is 8.06. The number of nitrogens with zero attached hydrogens (tertiary/aromatic N) is 4. The van der Waals surface area contributed by atoms with E-state index in [1.165, 1.54) is 34.9 Å². The van der Waals surface area contributed by atoms with Crippen LogP contribution in [0.4, 0.5) is 9.93 Å². The van der Waals surface area contributed by atoms with Crippen LogP contribution in [0.15, 0.2) is 234 Å². The first-order valence-electron chi connectivity index (χ1n) is 27.1. The van der Waals surface area contributed by atoms with E-state index in [0.29, 0.717) is 17.1 Å². The molecular formula is C66H60N6O8S2. The van der Waals surface area contributed by atoms with Gasteiger partial charge in [-0.05, 0) is 40.3 Å². The van der Waals surface area contributed by atoms with E-state index >= 15 is 4.79 Å². The number of benzene rings is 6. The summed E-state index contributed by atoms with van der Waals surface area (Å²) in [6.45, 7) is 3.64. The molecule has 82 heavy (non-hydrogen) atoms. The molecule has 1 unspecified atom stereocenters. The highest BCUT2D eigenvalue weighted by Gasteiger charge is 2.55. The zero-order valence-electron chi connectivity index (χ0n) is 45.2. The Morgan fingerprint density at radius 2 is 1.26 bits per heavy atom. The normalized spacial score (nSPS) is 15.7. The first-order chi connectivity index (χ1) is 40.2. The van der Waals surface area contributed by atoms with Crippen LogP contribution in [-0.4, -0.2) is 74.6 Å². The number of oxime groups is 1. The highest BCUT2D eigenvalue weighted by molar-refractivity contribution is 8.00. The number of anilines is 1. The summed E-state index contributed by atoms with van der Waals surface area (Å²) in [5.41, 5.74) is 3.78. The number of esters is 1. The van der Waals surface area contributed by atoms with E-state index in [9.17, 15) is 14.4 Å². The van der Waals surface area contributed by atoms with E-state index in [0.717, 1.165) is 58.2 Å². The van der Waals surface area contributed by atoms with Crippen LogP contribution in [0.1, 0.15) is 84.2 Å². The number of β-lactam (4-membered cyclic amide) rings is 1. The fourth-order valence-corrected chi connectivity index (χ4v) is 12.2. The summed E-state index contributed by atoms with van der Waals surface area (Å²) < 4.78 is 16.2. The van der Waals surface area contributed by atoms with Crippen molar-refractivity contribution in [1.82, 2.24) is 20.2 Å². The molecular weight excluding hydrogens is 1070 g/mol. The number of carbonyl (C=O) groups excluding carboxylic acids is 4. The maximum absolute atomic E-state index is 15.4. The summed E-state index contributed by atoms with van der Waals surface area (Å²) in [7, 11) is 0. The SMILES string of the molecule is CCCCCCOC(=O)OC(C)OC(=O)C1=C(/C=C\c2cccnc2)CS[C@H]2[C@H](NC(=O)C(=NOC(c3ccccc3)(c3ccccc3)c3ccccc3)c3csc(NC(c4ccccc4)(c4ccccc4)c4ccccc4)n3)C(=O)N12. The molecule has 0 saturated carbocycles. The predicted molar refractivity (Wildman–Crippen MR) is 319 cm³/mol. The Hall–Kier alpha value is -9.12. The number of rotatable bonds is 23. The lowest BCUT2D eigenvalue weighted by atomic mass is 9.77. The van der Waals surface area contributed by atoms with E-state index in [-0.39, 0.29) is 29.5 Å². The van der Waals surface area contributed by atoms with Gasteiger partial charge < -0.3 is 29.7 Å².